The smallest absolute Gasteiger partial charge is 0.262 e. The van der Waals surface area contributed by atoms with Crippen LogP contribution in [-0.2, 0) is 16.1 Å². The summed E-state index contributed by atoms with van der Waals surface area (Å²) in [6, 6.07) is 9.80. The fraction of sp³-hybridized carbons (Fsp3) is 0.552. The second-order valence-corrected chi connectivity index (χ2v) is 12.2. The van der Waals surface area contributed by atoms with Crippen LogP contribution in [0.2, 0.25) is 5.15 Å². The van der Waals surface area contributed by atoms with Crippen molar-refractivity contribution in [1.82, 2.24) is 24.3 Å². The normalized spacial score (nSPS) is 24.2. The number of amides is 1. The molecule has 1 amide bonds. The molecular formula is C29H34ClN5O4. The molecule has 0 spiro atoms. The number of hydrogen-bond acceptors (Lipinski definition) is 6. The van der Waals surface area contributed by atoms with Crippen LogP contribution in [0.4, 0.5) is 0 Å². The second kappa shape index (κ2) is 9.44. The molecule has 0 bridgehead atoms. The monoisotopic (exact) mass is 551 g/mol. The number of morpholine rings is 1. The van der Waals surface area contributed by atoms with Gasteiger partial charge in [-0.1, -0.05) is 23.7 Å². The summed E-state index contributed by atoms with van der Waals surface area (Å²) in [5.41, 5.74) is 1.02. The maximum absolute atomic E-state index is 13.4. The van der Waals surface area contributed by atoms with E-state index >= 15 is 0 Å². The van der Waals surface area contributed by atoms with Gasteiger partial charge in [-0.05, 0) is 68.2 Å². The number of halogens is 1. The molecule has 0 unspecified atom stereocenters. The maximum atomic E-state index is 13.4. The van der Waals surface area contributed by atoms with Crippen molar-refractivity contribution in [3.63, 3.8) is 0 Å². The van der Waals surface area contributed by atoms with E-state index in [0.29, 0.717) is 54.6 Å². The van der Waals surface area contributed by atoms with Crippen molar-refractivity contribution >= 4 is 28.5 Å². The fourth-order valence-corrected chi connectivity index (χ4v) is 6.85. The van der Waals surface area contributed by atoms with E-state index in [1.54, 1.807) is 10.6 Å². The first-order valence-corrected chi connectivity index (χ1v) is 14.4. The van der Waals surface area contributed by atoms with Crippen molar-refractivity contribution in [2.75, 3.05) is 32.8 Å². The Labute approximate surface area is 231 Å². The molecule has 4 heterocycles. The van der Waals surface area contributed by atoms with Crippen LogP contribution < -0.4 is 10.9 Å². The number of piperidine rings is 1. The molecule has 2 aliphatic carbocycles. The molecule has 1 aromatic carbocycles. The van der Waals surface area contributed by atoms with E-state index in [0.717, 1.165) is 37.2 Å². The van der Waals surface area contributed by atoms with Crippen LogP contribution in [-0.4, -0.2) is 68.5 Å². The lowest BCUT2D eigenvalue weighted by molar-refractivity contribution is -0.142. The lowest BCUT2D eigenvalue weighted by Gasteiger charge is -2.39. The molecular weight excluding hydrogens is 518 g/mol. The van der Waals surface area contributed by atoms with Crippen LogP contribution in [0.25, 0.3) is 16.7 Å². The van der Waals surface area contributed by atoms with E-state index in [-0.39, 0.29) is 29.5 Å². The summed E-state index contributed by atoms with van der Waals surface area (Å²) in [7, 11) is 0. The highest BCUT2D eigenvalue weighted by Crippen LogP contribution is 2.62. The standard InChI is InChI=1S/C29H34ClN5O4/c30-24-15-22-25(35(24)21-5-1-19(2-6-21)23-16-39-14-11-31-23)32-18-34(26(22)36)17-28(38)9-12-33(13-10-28)27(37)29(7-8-29)20-3-4-20/h1-2,5-6,15,18,20,23,31,38H,3-4,7-14,16-17H2/t23-/m0/s1. The van der Waals surface area contributed by atoms with E-state index < -0.39 is 5.60 Å². The van der Waals surface area contributed by atoms with Gasteiger partial charge in [0.2, 0.25) is 5.91 Å². The van der Waals surface area contributed by atoms with E-state index in [1.165, 1.54) is 23.7 Å². The third kappa shape index (κ3) is 4.49. The molecule has 7 rings (SSSR count). The zero-order valence-corrected chi connectivity index (χ0v) is 22.7. The van der Waals surface area contributed by atoms with Gasteiger partial charge in [0, 0.05) is 25.3 Å². The van der Waals surface area contributed by atoms with Crippen LogP contribution in [0.1, 0.15) is 50.1 Å². The highest BCUT2D eigenvalue weighted by Gasteiger charge is 2.60. The Balaban J connectivity index is 1.08. The number of aromatic nitrogens is 3. The van der Waals surface area contributed by atoms with Crippen molar-refractivity contribution in [3.8, 4) is 5.69 Å². The van der Waals surface area contributed by atoms with Crippen LogP contribution in [0.3, 0.4) is 0 Å². The summed E-state index contributed by atoms with van der Waals surface area (Å²) in [5.74, 6) is 0.849. The highest BCUT2D eigenvalue weighted by molar-refractivity contribution is 6.31. The highest BCUT2D eigenvalue weighted by atomic mass is 35.5. The van der Waals surface area contributed by atoms with Crippen LogP contribution in [0, 0.1) is 11.3 Å². The molecule has 3 aromatic rings. The minimum atomic E-state index is -1.06. The summed E-state index contributed by atoms with van der Waals surface area (Å²) in [6.07, 6.45) is 6.75. The average molecular weight is 552 g/mol. The number of rotatable bonds is 6. The number of likely N-dealkylation sites (tertiary alicyclic amines) is 1. The van der Waals surface area contributed by atoms with Gasteiger partial charge in [-0.25, -0.2) is 4.98 Å². The van der Waals surface area contributed by atoms with Crippen molar-refractivity contribution in [2.24, 2.45) is 11.3 Å². The Morgan fingerprint density at radius 2 is 1.90 bits per heavy atom. The molecule has 2 saturated heterocycles. The van der Waals surface area contributed by atoms with Crippen molar-refractivity contribution in [2.45, 2.75) is 56.7 Å². The minimum absolute atomic E-state index is 0.102. The lowest BCUT2D eigenvalue weighted by Crippen LogP contribution is -2.51. The number of nitrogens with zero attached hydrogens (tertiary/aromatic N) is 4. The van der Waals surface area contributed by atoms with Gasteiger partial charge in [-0.15, -0.1) is 0 Å². The number of aliphatic hydroxyl groups is 1. The summed E-state index contributed by atoms with van der Waals surface area (Å²) in [6.45, 7) is 3.36. The SMILES string of the molecule is O=C(N1CCC(O)(Cn2cnc3c(cc(Cl)n3-c3ccc([C@@H]4COCCN4)cc3)c2=O)CC1)C1(C2CC2)CC1. The van der Waals surface area contributed by atoms with Gasteiger partial charge in [-0.2, -0.15) is 0 Å². The number of benzene rings is 1. The Morgan fingerprint density at radius 1 is 1.15 bits per heavy atom. The Morgan fingerprint density at radius 3 is 2.54 bits per heavy atom. The van der Waals surface area contributed by atoms with Crippen molar-refractivity contribution < 1.29 is 14.6 Å². The van der Waals surface area contributed by atoms with Crippen molar-refractivity contribution in [3.05, 3.63) is 57.7 Å². The quantitative estimate of drug-likeness (QED) is 0.488. The fourth-order valence-electron chi connectivity index (χ4n) is 6.56. The molecule has 2 aliphatic heterocycles. The van der Waals surface area contributed by atoms with Gasteiger partial charge in [0.05, 0.1) is 42.2 Å². The first-order valence-electron chi connectivity index (χ1n) is 14.1. The first kappa shape index (κ1) is 25.3. The van der Waals surface area contributed by atoms with E-state index in [4.69, 9.17) is 16.3 Å². The van der Waals surface area contributed by atoms with E-state index in [1.807, 2.05) is 29.2 Å². The second-order valence-electron chi connectivity index (χ2n) is 11.8. The molecule has 2 N–H and O–H groups in total. The third-order valence-electron chi connectivity index (χ3n) is 9.24. The van der Waals surface area contributed by atoms with Gasteiger partial charge in [0.15, 0.2) is 5.65 Å². The lowest BCUT2D eigenvalue weighted by atomic mass is 9.89. The molecule has 10 heteroatoms. The van der Waals surface area contributed by atoms with Crippen LogP contribution in [0.15, 0.2) is 41.5 Å². The van der Waals surface area contributed by atoms with Gasteiger partial charge in [-0.3, -0.25) is 18.7 Å². The molecule has 206 valence electrons. The molecule has 9 nitrogen and oxygen atoms in total. The summed E-state index contributed by atoms with van der Waals surface area (Å²) in [5, 5.41) is 15.6. The minimum Gasteiger partial charge on any atom is -0.388 e. The summed E-state index contributed by atoms with van der Waals surface area (Å²) >= 11 is 6.60. The van der Waals surface area contributed by atoms with Gasteiger partial charge in [0.1, 0.15) is 11.5 Å². The van der Waals surface area contributed by atoms with Gasteiger partial charge >= 0.3 is 0 Å². The van der Waals surface area contributed by atoms with Crippen LogP contribution >= 0.6 is 11.6 Å². The molecule has 4 aliphatic rings. The Bertz CT molecular complexity index is 1460. The molecule has 2 saturated carbocycles. The molecule has 1 atom stereocenters. The number of ether oxygens (including phenoxy) is 1. The average Bonchev–Trinajstić information content (AvgIpc) is 3.88. The molecule has 39 heavy (non-hydrogen) atoms. The first-order chi connectivity index (χ1) is 18.9. The predicted molar refractivity (Wildman–Crippen MR) is 147 cm³/mol. The van der Waals surface area contributed by atoms with E-state index in [9.17, 15) is 14.7 Å². The van der Waals surface area contributed by atoms with Gasteiger partial charge in [0.25, 0.3) is 5.56 Å². The van der Waals surface area contributed by atoms with Gasteiger partial charge < -0.3 is 20.1 Å². The Kier molecular flexibility index (Phi) is 6.11. The molecule has 4 fully saturated rings. The zero-order valence-electron chi connectivity index (χ0n) is 21.9. The Hall–Kier alpha value is -2.72. The number of carbonyl (C=O) groups excluding carboxylic acids is 1. The summed E-state index contributed by atoms with van der Waals surface area (Å²) in [4.78, 5) is 33.1. The third-order valence-corrected chi connectivity index (χ3v) is 9.51. The van der Waals surface area contributed by atoms with E-state index in [2.05, 4.69) is 10.3 Å². The van der Waals surface area contributed by atoms with Crippen LogP contribution in [0.5, 0.6) is 0 Å². The number of nitrogens with one attached hydrogen (secondary N) is 1. The number of hydrogen-bond donors (Lipinski definition) is 2. The molecule has 2 aromatic heterocycles. The topological polar surface area (TPSA) is 102 Å². The zero-order chi connectivity index (χ0) is 26.8. The summed E-state index contributed by atoms with van der Waals surface area (Å²) < 4.78 is 8.82. The van der Waals surface area contributed by atoms with Crippen molar-refractivity contribution in [1.29, 1.82) is 0 Å². The number of carbonyl (C=O) groups is 1. The predicted octanol–water partition coefficient (Wildman–Crippen LogP) is 3.05. The number of fused-ring (bicyclic) bond motifs is 1. The molecule has 0 radical (unpaired) electrons. The maximum Gasteiger partial charge on any atom is 0.262 e. The largest absolute Gasteiger partial charge is 0.388 e.